The Labute approximate surface area is 132 Å². The van der Waals surface area contributed by atoms with Crippen molar-refractivity contribution in [1.82, 2.24) is 9.88 Å². The minimum absolute atomic E-state index is 0. The van der Waals surface area contributed by atoms with Crippen molar-refractivity contribution in [3.63, 3.8) is 0 Å². The zero-order valence-electron chi connectivity index (χ0n) is 12.2. The van der Waals surface area contributed by atoms with Crippen molar-refractivity contribution in [1.29, 1.82) is 0 Å². The van der Waals surface area contributed by atoms with Crippen LogP contribution in [0.2, 0.25) is 0 Å². The minimum Gasteiger partial charge on any atom is -0.365 e. The van der Waals surface area contributed by atoms with Crippen LogP contribution in [0, 0.1) is 5.92 Å². The van der Waals surface area contributed by atoms with Crippen LogP contribution in [-0.4, -0.2) is 23.2 Å². The summed E-state index contributed by atoms with van der Waals surface area (Å²) in [4.78, 5) is 22.9. The molecule has 0 spiro atoms. The topological polar surface area (TPSA) is 77.1 Å². The number of halogens is 4. The molecule has 0 fully saturated rings. The number of nitrogens with zero attached hydrogens (tertiary/aromatic N) is 1. The van der Waals surface area contributed by atoms with Gasteiger partial charge in [0.1, 0.15) is 12.1 Å². The summed E-state index contributed by atoms with van der Waals surface area (Å²) >= 11 is 0. The molecule has 1 amide bonds. The number of nitrogens with two attached hydrogens (primary N) is 1. The van der Waals surface area contributed by atoms with Gasteiger partial charge in [0.05, 0.1) is 0 Å². The number of hydrogen-bond donors (Lipinski definition) is 2. The van der Waals surface area contributed by atoms with E-state index in [4.69, 9.17) is 5.73 Å². The quantitative estimate of drug-likeness (QED) is 0.826. The fourth-order valence-electron chi connectivity index (χ4n) is 1.79. The van der Waals surface area contributed by atoms with Gasteiger partial charge < -0.3 is 15.6 Å². The molecule has 0 aliphatic carbocycles. The summed E-state index contributed by atoms with van der Waals surface area (Å²) in [5.41, 5.74) is 3.96. The van der Waals surface area contributed by atoms with E-state index in [1.165, 1.54) is 6.07 Å². The molecule has 0 bridgehead atoms. The Balaban J connectivity index is 0.00000441. The summed E-state index contributed by atoms with van der Waals surface area (Å²) in [5, 5.41) is 3.03. The molecule has 0 aromatic carbocycles. The number of aromatic nitrogens is 1. The number of carbonyl (C=O) groups excluding carboxylic acids is 1. The van der Waals surface area contributed by atoms with Crippen LogP contribution in [-0.2, 0) is 13.1 Å². The maximum atomic E-state index is 12.5. The van der Waals surface area contributed by atoms with Gasteiger partial charge in [0.15, 0.2) is 0 Å². The van der Waals surface area contributed by atoms with Crippen LogP contribution in [0.25, 0.3) is 0 Å². The van der Waals surface area contributed by atoms with Gasteiger partial charge in [-0.1, -0.05) is 13.8 Å². The van der Waals surface area contributed by atoms with Crippen LogP contribution in [0.5, 0.6) is 0 Å². The molecule has 126 valence electrons. The van der Waals surface area contributed by atoms with E-state index < -0.39 is 29.8 Å². The van der Waals surface area contributed by atoms with Gasteiger partial charge in [0.25, 0.3) is 11.5 Å². The molecule has 22 heavy (non-hydrogen) atoms. The lowest BCUT2D eigenvalue weighted by Gasteiger charge is -2.13. The van der Waals surface area contributed by atoms with E-state index in [0.717, 1.165) is 6.20 Å². The van der Waals surface area contributed by atoms with E-state index in [1.54, 1.807) is 0 Å². The molecule has 0 atom stereocenters. The Hall–Kier alpha value is -1.54. The highest BCUT2D eigenvalue weighted by molar-refractivity contribution is 5.92. The predicted molar refractivity (Wildman–Crippen MR) is 79.1 cm³/mol. The average Bonchev–Trinajstić information content (AvgIpc) is 2.30. The summed E-state index contributed by atoms with van der Waals surface area (Å²) in [7, 11) is 0. The lowest BCUT2D eigenvalue weighted by Crippen LogP contribution is -2.34. The maximum Gasteiger partial charge on any atom is 0.406 e. The van der Waals surface area contributed by atoms with Crippen molar-refractivity contribution in [2.24, 2.45) is 11.7 Å². The van der Waals surface area contributed by atoms with Gasteiger partial charge in [-0.15, -0.1) is 12.4 Å². The average molecular weight is 342 g/mol. The molecule has 1 heterocycles. The number of hydrogen-bond acceptors (Lipinski definition) is 3. The highest BCUT2D eigenvalue weighted by atomic mass is 35.5. The molecule has 0 saturated carbocycles. The highest BCUT2D eigenvalue weighted by Crippen LogP contribution is 2.17. The Morgan fingerprint density at radius 1 is 1.41 bits per heavy atom. The molecule has 9 heteroatoms. The Kier molecular flexibility index (Phi) is 7.61. The molecular formula is C13H19ClF3N3O2. The molecule has 0 aliphatic rings. The lowest BCUT2D eigenvalue weighted by atomic mass is 10.1. The first-order chi connectivity index (χ1) is 9.60. The van der Waals surface area contributed by atoms with Gasteiger partial charge in [-0.2, -0.15) is 13.2 Å². The number of alkyl halides is 3. The fraction of sp³-hybridized carbons (Fsp3) is 0.538. The van der Waals surface area contributed by atoms with E-state index in [-0.39, 0.29) is 19.0 Å². The van der Waals surface area contributed by atoms with Crippen LogP contribution < -0.4 is 16.6 Å². The zero-order valence-corrected chi connectivity index (χ0v) is 13.1. The van der Waals surface area contributed by atoms with Crippen LogP contribution in [0.4, 0.5) is 13.2 Å². The third kappa shape index (κ3) is 6.48. The smallest absolute Gasteiger partial charge is 0.365 e. The molecule has 1 aromatic rings. The van der Waals surface area contributed by atoms with Crippen molar-refractivity contribution in [2.45, 2.75) is 33.1 Å². The number of rotatable bonds is 6. The summed E-state index contributed by atoms with van der Waals surface area (Å²) < 4.78 is 37.8. The first-order valence-corrected chi connectivity index (χ1v) is 6.41. The highest BCUT2D eigenvalue weighted by Gasteiger charge is 2.29. The third-order valence-electron chi connectivity index (χ3n) is 2.64. The standard InChI is InChI=1S/C13H18F3N3O2.ClH/c1-8(2)4-18-5-9-3-10(11(17)20)12(21)19(6-9)7-13(14,15)16;/h3,6,8,18H,4-5,7H2,1-2H3,(H2,17,20);1H. The van der Waals surface area contributed by atoms with E-state index in [2.05, 4.69) is 5.32 Å². The monoisotopic (exact) mass is 341 g/mol. The van der Waals surface area contributed by atoms with E-state index in [0.29, 0.717) is 22.6 Å². The molecule has 0 aliphatic heterocycles. The molecule has 0 saturated heterocycles. The SMILES string of the molecule is CC(C)CNCc1cc(C(N)=O)c(=O)n(CC(F)(F)F)c1.Cl. The van der Waals surface area contributed by atoms with Gasteiger partial charge in [-0.25, -0.2) is 0 Å². The largest absolute Gasteiger partial charge is 0.406 e. The first kappa shape index (κ1) is 20.5. The summed E-state index contributed by atoms with van der Waals surface area (Å²) in [6, 6.07) is 1.23. The van der Waals surface area contributed by atoms with E-state index in [1.807, 2.05) is 13.8 Å². The molecule has 1 rings (SSSR count). The Morgan fingerprint density at radius 2 is 2.00 bits per heavy atom. The van der Waals surface area contributed by atoms with Crippen molar-refractivity contribution in [3.05, 3.63) is 33.7 Å². The number of carbonyl (C=O) groups is 1. The van der Waals surface area contributed by atoms with Crippen molar-refractivity contribution >= 4 is 18.3 Å². The molecule has 1 aromatic heterocycles. The van der Waals surface area contributed by atoms with Crippen LogP contribution in [0.15, 0.2) is 17.1 Å². The van der Waals surface area contributed by atoms with Crippen molar-refractivity contribution in [2.75, 3.05) is 6.54 Å². The van der Waals surface area contributed by atoms with Gasteiger partial charge in [0.2, 0.25) is 0 Å². The summed E-state index contributed by atoms with van der Waals surface area (Å²) in [6.07, 6.45) is -3.46. The molecule has 3 N–H and O–H groups in total. The van der Waals surface area contributed by atoms with Gasteiger partial charge >= 0.3 is 6.18 Å². The van der Waals surface area contributed by atoms with Crippen molar-refractivity contribution < 1.29 is 18.0 Å². The third-order valence-corrected chi connectivity index (χ3v) is 2.64. The molecular weight excluding hydrogens is 323 g/mol. The van der Waals surface area contributed by atoms with Gasteiger partial charge in [-0.3, -0.25) is 9.59 Å². The van der Waals surface area contributed by atoms with E-state index in [9.17, 15) is 22.8 Å². The molecule has 0 unspecified atom stereocenters. The van der Waals surface area contributed by atoms with Gasteiger partial charge in [-0.05, 0) is 24.1 Å². The second kappa shape index (κ2) is 8.19. The number of primary amides is 1. The zero-order chi connectivity index (χ0) is 16.2. The molecule has 5 nitrogen and oxygen atoms in total. The first-order valence-electron chi connectivity index (χ1n) is 6.41. The fourth-order valence-corrected chi connectivity index (χ4v) is 1.79. The maximum absolute atomic E-state index is 12.5. The number of pyridine rings is 1. The Morgan fingerprint density at radius 3 is 2.45 bits per heavy atom. The summed E-state index contributed by atoms with van der Waals surface area (Å²) in [5.74, 6) is -0.677. The second-order valence-corrected chi connectivity index (χ2v) is 5.20. The predicted octanol–water partition coefficient (Wildman–Crippen LogP) is 1.68. The van der Waals surface area contributed by atoms with Crippen LogP contribution in [0.1, 0.15) is 29.8 Å². The van der Waals surface area contributed by atoms with Crippen molar-refractivity contribution in [3.8, 4) is 0 Å². The second-order valence-electron chi connectivity index (χ2n) is 5.20. The minimum atomic E-state index is -4.55. The molecule has 0 radical (unpaired) electrons. The number of nitrogens with one attached hydrogen (secondary N) is 1. The van der Waals surface area contributed by atoms with Crippen LogP contribution in [0.3, 0.4) is 0 Å². The summed E-state index contributed by atoms with van der Waals surface area (Å²) in [6.45, 7) is 3.41. The number of amides is 1. The van der Waals surface area contributed by atoms with E-state index >= 15 is 0 Å². The normalized spacial score (nSPS) is 11.4. The lowest BCUT2D eigenvalue weighted by molar-refractivity contribution is -0.141. The van der Waals surface area contributed by atoms with Gasteiger partial charge in [0, 0.05) is 12.7 Å². The Bertz CT molecular complexity index is 571. The van der Waals surface area contributed by atoms with Crippen LogP contribution >= 0.6 is 12.4 Å².